The van der Waals surface area contributed by atoms with Crippen LogP contribution in [0.2, 0.25) is 0 Å². The van der Waals surface area contributed by atoms with Crippen molar-refractivity contribution in [2.24, 2.45) is 5.92 Å². The number of rotatable bonds is 5. The van der Waals surface area contributed by atoms with Gasteiger partial charge in [-0.3, -0.25) is 0 Å². The largest absolute Gasteiger partial charge is 0.309 e. The Labute approximate surface area is 67.2 Å². The van der Waals surface area contributed by atoms with Gasteiger partial charge in [0, 0.05) is 0 Å². The lowest BCUT2D eigenvalue weighted by Gasteiger charge is -2.15. The summed E-state index contributed by atoms with van der Waals surface area (Å²) >= 11 is 0. The van der Waals surface area contributed by atoms with Crippen molar-refractivity contribution in [1.29, 1.82) is 0 Å². The Morgan fingerprint density at radius 1 is 1.27 bits per heavy atom. The zero-order valence-electron chi connectivity index (χ0n) is 7.40. The third-order valence-corrected chi connectivity index (χ3v) is 1.86. The van der Waals surface area contributed by atoms with Gasteiger partial charge < -0.3 is 5.32 Å². The third-order valence-electron chi connectivity index (χ3n) is 1.86. The van der Waals surface area contributed by atoms with Gasteiger partial charge in [0.1, 0.15) is 0 Å². The van der Waals surface area contributed by atoms with Crippen LogP contribution < -0.4 is 5.32 Å². The van der Waals surface area contributed by atoms with Crippen LogP contribution in [0.15, 0.2) is 0 Å². The lowest BCUT2D eigenvalue weighted by molar-refractivity contribution is 0.104. The van der Waals surface area contributed by atoms with Crippen LogP contribution in [-0.4, -0.2) is 19.0 Å². The van der Waals surface area contributed by atoms with E-state index in [9.17, 15) is 8.78 Å². The van der Waals surface area contributed by atoms with E-state index in [1.54, 1.807) is 0 Å². The molecule has 1 nitrogen and oxygen atoms in total. The predicted octanol–water partition coefficient (Wildman–Crippen LogP) is 2.28. The second-order valence-electron chi connectivity index (χ2n) is 3.04. The fourth-order valence-corrected chi connectivity index (χ4v) is 0.621. The maximum atomic E-state index is 11.9. The van der Waals surface area contributed by atoms with Gasteiger partial charge in [-0.15, -0.1) is 0 Å². The first kappa shape index (κ1) is 10.8. The van der Waals surface area contributed by atoms with E-state index in [1.165, 1.54) is 6.92 Å². The predicted molar refractivity (Wildman–Crippen MR) is 42.9 cm³/mol. The molecule has 0 spiro atoms. The van der Waals surface area contributed by atoms with E-state index in [0.717, 1.165) is 6.42 Å². The van der Waals surface area contributed by atoms with Gasteiger partial charge in [0.15, 0.2) is 0 Å². The normalized spacial score (nSPS) is 16.9. The molecule has 0 aromatic heterocycles. The second kappa shape index (κ2) is 5.47. The van der Waals surface area contributed by atoms with Gasteiger partial charge >= 0.3 is 0 Å². The van der Waals surface area contributed by atoms with Crippen molar-refractivity contribution in [1.82, 2.24) is 5.32 Å². The van der Waals surface area contributed by atoms with Crippen LogP contribution in [-0.2, 0) is 0 Å². The number of halogens is 2. The molecule has 0 aliphatic rings. The van der Waals surface area contributed by atoms with Crippen LogP contribution in [0.1, 0.15) is 27.2 Å². The number of hydrogen-bond donors (Lipinski definition) is 1. The van der Waals surface area contributed by atoms with Crippen LogP contribution in [0.3, 0.4) is 0 Å². The fraction of sp³-hybridized carbons (Fsp3) is 1.00. The Kier molecular flexibility index (Phi) is 5.38. The molecular formula is C8H17F2N. The highest BCUT2D eigenvalue weighted by Gasteiger charge is 2.13. The molecule has 0 aromatic carbocycles. The van der Waals surface area contributed by atoms with Crippen LogP contribution >= 0.6 is 0 Å². The molecule has 0 bridgehead atoms. The molecule has 0 heterocycles. The minimum atomic E-state index is -2.25. The topological polar surface area (TPSA) is 12.0 Å². The Morgan fingerprint density at radius 2 is 1.82 bits per heavy atom. The first-order chi connectivity index (χ1) is 5.07. The molecular weight excluding hydrogens is 148 g/mol. The van der Waals surface area contributed by atoms with Crippen molar-refractivity contribution in [3.8, 4) is 0 Å². The molecule has 3 heteroatoms. The van der Waals surface area contributed by atoms with Crippen LogP contribution in [0.25, 0.3) is 0 Å². The van der Waals surface area contributed by atoms with Gasteiger partial charge in [-0.05, 0) is 19.4 Å². The summed E-state index contributed by atoms with van der Waals surface area (Å²) < 4.78 is 23.8. The zero-order chi connectivity index (χ0) is 8.85. The minimum Gasteiger partial charge on any atom is -0.309 e. The van der Waals surface area contributed by atoms with Gasteiger partial charge in [0.25, 0.3) is 6.43 Å². The van der Waals surface area contributed by atoms with E-state index >= 15 is 0 Å². The van der Waals surface area contributed by atoms with Crippen molar-refractivity contribution in [3.63, 3.8) is 0 Å². The SMILES string of the molecule is CCC(C)CNC(C)C(F)F. The molecule has 11 heavy (non-hydrogen) atoms. The van der Waals surface area contributed by atoms with E-state index in [1.807, 2.05) is 6.92 Å². The van der Waals surface area contributed by atoms with Crippen molar-refractivity contribution in [2.75, 3.05) is 6.54 Å². The third kappa shape index (κ3) is 5.13. The van der Waals surface area contributed by atoms with Gasteiger partial charge in [-0.1, -0.05) is 20.3 Å². The van der Waals surface area contributed by atoms with E-state index in [-0.39, 0.29) is 0 Å². The molecule has 0 fully saturated rings. The van der Waals surface area contributed by atoms with E-state index in [0.29, 0.717) is 12.5 Å². The molecule has 0 saturated heterocycles. The van der Waals surface area contributed by atoms with E-state index < -0.39 is 12.5 Å². The van der Waals surface area contributed by atoms with Crippen molar-refractivity contribution >= 4 is 0 Å². The summed E-state index contributed by atoms with van der Waals surface area (Å²) in [5.74, 6) is 0.483. The summed E-state index contributed by atoms with van der Waals surface area (Å²) in [6, 6.07) is -0.677. The zero-order valence-corrected chi connectivity index (χ0v) is 7.40. The highest BCUT2D eigenvalue weighted by atomic mass is 19.3. The highest BCUT2D eigenvalue weighted by Crippen LogP contribution is 2.02. The molecule has 0 saturated carbocycles. The Bertz CT molecular complexity index is 96.1. The highest BCUT2D eigenvalue weighted by molar-refractivity contribution is 4.64. The lowest BCUT2D eigenvalue weighted by Crippen LogP contribution is -2.35. The van der Waals surface area contributed by atoms with Crippen LogP contribution in [0.5, 0.6) is 0 Å². The summed E-state index contributed by atoms with van der Waals surface area (Å²) in [6.45, 7) is 6.29. The van der Waals surface area contributed by atoms with Crippen molar-refractivity contribution in [2.45, 2.75) is 39.7 Å². The summed E-state index contributed by atoms with van der Waals surface area (Å²) in [5, 5.41) is 2.78. The summed E-state index contributed by atoms with van der Waals surface area (Å²) in [4.78, 5) is 0. The average molecular weight is 165 g/mol. The molecule has 2 unspecified atom stereocenters. The molecule has 0 aliphatic carbocycles. The molecule has 0 radical (unpaired) electrons. The van der Waals surface area contributed by atoms with Crippen LogP contribution in [0.4, 0.5) is 8.78 Å². The monoisotopic (exact) mass is 165 g/mol. The smallest absolute Gasteiger partial charge is 0.253 e. The maximum Gasteiger partial charge on any atom is 0.253 e. The number of alkyl halides is 2. The Hall–Kier alpha value is -0.180. The molecule has 0 aromatic rings. The van der Waals surface area contributed by atoms with E-state index in [2.05, 4.69) is 12.2 Å². The Balaban J connectivity index is 3.37. The quantitative estimate of drug-likeness (QED) is 0.659. The summed E-state index contributed by atoms with van der Waals surface area (Å²) in [6.07, 6.45) is -1.22. The first-order valence-corrected chi connectivity index (χ1v) is 4.09. The Morgan fingerprint density at radius 3 is 2.18 bits per heavy atom. The molecule has 0 amide bonds. The molecule has 68 valence electrons. The summed E-state index contributed by atoms with van der Waals surface area (Å²) in [7, 11) is 0. The minimum absolute atomic E-state index is 0.483. The number of hydrogen-bond acceptors (Lipinski definition) is 1. The van der Waals surface area contributed by atoms with Gasteiger partial charge in [0.05, 0.1) is 6.04 Å². The van der Waals surface area contributed by atoms with Gasteiger partial charge in [0.2, 0.25) is 0 Å². The number of nitrogens with one attached hydrogen (secondary N) is 1. The second-order valence-corrected chi connectivity index (χ2v) is 3.04. The molecule has 2 atom stereocenters. The summed E-state index contributed by atoms with van der Waals surface area (Å²) in [5.41, 5.74) is 0. The van der Waals surface area contributed by atoms with Crippen molar-refractivity contribution in [3.05, 3.63) is 0 Å². The van der Waals surface area contributed by atoms with Gasteiger partial charge in [-0.2, -0.15) is 0 Å². The first-order valence-electron chi connectivity index (χ1n) is 4.09. The lowest BCUT2D eigenvalue weighted by atomic mass is 10.1. The standard InChI is InChI=1S/C8H17F2N/c1-4-6(2)5-11-7(3)8(9)10/h6-8,11H,4-5H2,1-3H3. The molecule has 1 N–H and O–H groups in total. The maximum absolute atomic E-state index is 11.9. The fourth-order valence-electron chi connectivity index (χ4n) is 0.621. The molecule has 0 rings (SSSR count). The van der Waals surface area contributed by atoms with Crippen molar-refractivity contribution < 1.29 is 8.78 Å². The van der Waals surface area contributed by atoms with E-state index in [4.69, 9.17) is 0 Å². The average Bonchev–Trinajstić information content (AvgIpc) is 1.99. The molecule has 0 aliphatic heterocycles. The van der Waals surface area contributed by atoms with Gasteiger partial charge in [-0.25, -0.2) is 8.78 Å². The van der Waals surface area contributed by atoms with Crippen LogP contribution in [0, 0.1) is 5.92 Å².